The number of hydrogen-bond acceptors (Lipinski definition) is 5. The Hall–Kier alpha value is -3.44. The molecule has 5 nitrogen and oxygen atoms in total. The number of hydrogen-bond donors (Lipinski definition) is 1. The number of nitrogens with zero attached hydrogens (tertiary/aromatic N) is 4. The van der Waals surface area contributed by atoms with Crippen molar-refractivity contribution >= 4 is 5.82 Å². The fourth-order valence-electron chi connectivity index (χ4n) is 3.59. The van der Waals surface area contributed by atoms with Crippen molar-refractivity contribution in [2.75, 3.05) is 18.0 Å². The smallest absolute Gasteiger partial charge is 0.161 e. The van der Waals surface area contributed by atoms with E-state index in [1.54, 1.807) is 24.3 Å². The van der Waals surface area contributed by atoms with E-state index in [4.69, 9.17) is 11.0 Å². The van der Waals surface area contributed by atoms with Crippen molar-refractivity contribution in [3.05, 3.63) is 77.4 Å². The summed E-state index contributed by atoms with van der Waals surface area (Å²) in [4.78, 5) is 10.4. The molecule has 2 aromatic carbocycles. The van der Waals surface area contributed by atoms with Gasteiger partial charge >= 0.3 is 0 Å². The SMILES string of the molecule is N#Cc1cccc(-c2cc(N3C[C@H](c4cc(F)c(F)cc4F)[C@@H](N)C3)ncn2)c1. The van der Waals surface area contributed by atoms with Crippen LogP contribution < -0.4 is 10.6 Å². The molecule has 0 amide bonds. The van der Waals surface area contributed by atoms with Crippen molar-refractivity contribution in [3.63, 3.8) is 0 Å². The second-order valence-corrected chi connectivity index (χ2v) is 6.92. The fraction of sp³-hybridized carbons (Fsp3) is 0.190. The molecule has 29 heavy (non-hydrogen) atoms. The molecule has 0 saturated carbocycles. The van der Waals surface area contributed by atoms with Gasteiger partial charge in [0, 0.05) is 42.7 Å². The third-order valence-electron chi connectivity index (χ3n) is 5.07. The van der Waals surface area contributed by atoms with E-state index in [0.717, 1.165) is 11.6 Å². The van der Waals surface area contributed by atoms with E-state index in [1.165, 1.54) is 6.33 Å². The highest BCUT2D eigenvalue weighted by Gasteiger charge is 2.34. The van der Waals surface area contributed by atoms with Crippen LogP contribution in [0.1, 0.15) is 17.0 Å². The number of rotatable bonds is 3. The summed E-state index contributed by atoms with van der Waals surface area (Å²) < 4.78 is 41.1. The van der Waals surface area contributed by atoms with Gasteiger partial charge in [-0.05, 0) is 23.8 Å². The van der Waals surface area contributed by atoms with Gasteiger partial charge in [0.1, 0.15) is 18.0 Å². The molecule has 0 aliphatic carbocycles. The largest absolute Gasteiger partial charge is 0.354 e. The van der Waals surface area contributed by atoms with Crippen LogP contribution in [0.4, 0.5) is 19.0 Å². The summed E-state index contributed by atoms with van der Waals surface area (Å²) in [5, 5.41) is 9.08. The number of aromatic nitrogens is 2. The Kier molecular flexibility index (Phi) is 4.91. The van der Waals surface area contributed by atoms with Gasteiger partial charge in [-0.2, -0.15) is 5.26 Å². The van der Waals surface area contributed by atoms with Crippen LogP contribution in [0.15, 0.2) is 48.8 Å². The van der Waals surface area contributed by atoms with Gasteiger partial charge in [0.2, 0.25) is 0 Å². The Morgan fingerprint density at radius 2 is 1.79 bits per heavy atom. The van der Waals surface area contributed by atoms with Crippen LogP contribution in [0, 0.1) is 28.8 Å². The van der Waals surface area contributed by atoms with Crippen LogP contribution >= 0.6 is 0 Å². The van der Waals surface area contributed by atoms with Gasteiger partial charge in [-0.25, -0.2) is 23.1 Å². The van der Waals surface area contributed by atoms with Crippen molar-refractivity contribution in [1.29, 1.82) is 5.26 Å². The molecule has 3 aromatic rings. The van der Waals surface area contributed by atoms with E-state index in [-0.39, 0.29) is 5.56 Å². The molecule has 146 valence electrons. The van der Waals surface area contributed by atoms with E-state index in [9.17, 15) is 13.2 Å². The highest BCUT2D eigenvalue weighted by Crippen LogP contribution is 2.32. The summed E-state index contributed by atoms with van der Waals surface area (Å²) in [5.74, 6) is -3.07. The maximum absolute atomic E-state index is 14.2. The van der Waals surface area contributed by atoms with Crippen LogP contribution in [0.3, 0.4) is 0 Å². The summed E-state index contributed by atoms with van der Waals surface area (Å²) in [5.41, 5.74) is 8.13. The Balaban J connectivity index is 1.62. The number of nitriles is 1. The van der Waals surface area contributed by atoms with Crippen molar-refractivity contribution in [2.24, 2.45) is 5.73 Å². The van der Waals surface area contributed by atoms with Gasteiger partial charge in [0.25, 0.3) is 0 Å². The quantitative estimate of drug-likeness (QED) is 0.688. The molecular weight excluding hydrogens is 379 g/mol. The summed E-state index contributed by atoms with van der Waals surface area (Å²) in [7, 11) is 0. The van der Waals surface area contributed by atoms with Crippen LogP contribution in [0.25, 0.3) is 11.3 Å². The molecule has 1 saturated heterocycles. The van der Waals surface area contributed by atoms with Crippen molar-refractivity contribution in [2.45, 2.75) is 12.0 Å². The summed E-state index contributed by atoms with van der Waals surface area (Å²) in [6.07, 6.45) is 1.40. The Labute approximate surface area is 165 Å². The minimum Gasteiger partial charge on any atom is -0.354 e. The van der Waals surface area contributed by atoms with Gasteiger partial charge in [-0.3, -0.25) is 0 Å². The first kappa shape index (κ1) is 18.9. The van der Waals surface area contributed by atoms with E-state index in [2.05, 4.69) is 16.0 Å². The Morgan fingerprint density at radius 1 is 1.00 bits per heavy atom. The predicted molar refractivity (Wildman–Crippen MR) is 101 cm³/mol. The zero-order valence-electron chi connectivity index (χ0n) is 15.2. The molecule has 0 spiro atoms. The molecule has 0 radical (unpaired) electrons. The average Bonchev–Trinajstić information content (AvgIpc) is 3.12. The second-order valence-electron chi connectivity index (χ2n) is 6.92. The summed E-state index contributed by atoms with van der Waals surface area (Å²) in [6, 6.07) is 11.8. The molecule has 0 bridgehead atoms. The zero-order valence-corrected chi connectivity index (χ0v) is 15.2. The van der Waals surface area contributed by atoms with Crippen molar-refractivity contribution in [1.82, 2.24) is 9.97 Å². The third-order valence-corrected chi connectivity index (χ3v) is 5.07. The second kappa shape index (κ2) is 7.53. The molecule has 0 unspecified atom stereocenters. The highest BCUT2D eigenvalue weighted by atomic mass is 19.2. The lowest BCUT2D eigenvalue weighted by Crippen LogP contribution is -2.29. The molecule has 2 heterocycles. The molecular formula is C21H16F3N5. The maximum atomic E-state index is 14.2. The van der Waals surface area contributed by atoms with Gasteiger partial charge < -0.3 is 10.6 Å². The highest BCUT2D eigenvalue weighted by molar-refractivity contribution is 5.64. The van der Waals surface area contributed by atoms with Gasteiger partial charge in [-0.15, -0.1) is 0 Å². The maximum Gasteiger partial charge on any atom is 0.161 e. The van der Waals surface area contributed by atoms with Crippen molar-refractivity contribution in [3.8, 4) is 17.3 Å². The summed E-state index contributed by atoms with van der Waals surface area (Å²) in [6.45, 7) is 0.676. The molecule has 2 N–H and O–H groups in total. The molecule has 1 fully saturated rings. The predicted octanol–water partition coefficient (Wildman–Crippen LogP) is 3.36. The molecule has 1 aliphatic heterocycles. The number of benzene rings is 2. The number of nitrogens with two attached hydrogens (primary N) is 1. The van der Waals surface area contributed by atoms with Gasteiger partial charge in [0.15, 0.2) is 11.6 Å². The Bertz CT molecular complexity index is 1110. The Morgan fingerprint density at radius 3 is 2.59 bits per heavy atom. The average molecular weight is 395 g/mol. The lowest BCUT2D eigenvalue weighted by Gasteiger charge is -2.18. The standard InChI is InChI=1S/C21H16F3N5/c22-16-6-18(24)17(23)5-14(16)15-9-29(10-19(15)26)21-7-20(27-11-28-21)13-3-1-2-12(4-13)8-25/h1-7,11,15,19H,9-10,26H2/t15-,19+/m1/s1. The van der Waals surface area contributed by atoms with E-state index in [0.29, 0.717) is 36.2 Å². The lowest BCUT2D eigenvalue weighted by atomic mass is 9.94. The first-order valence-electron chi connectivity index (χ1n) is 8.94. The molecule has 4 rings (SSSR count). The topological polar surface area (TPSA) is 78.8 Å². The van der Waals surface area contributed by atoms with Crippen molar-refractivity contribution < 1.29 is 13.2 Å². The minimum absolute atomic E-state index is 0.0508. The minimum atomic E-state index is -1.23. The zero-order chi connectivity index (χ0) is 20.5. The first-order valence-corrected chi connectivity index (χ1v) is 8.94. The normalized spacial score (nSPS) is 18.7. The number of halogens is 3. The van der Waals surface area contributed by atoms with E-state index >= 15 is 0 Å². The summed E-state index contributed by atoms with van der Waals surface area (Å²) >= 11 is 0. The molecule has 8 heteroatoms. The van der Waals surface area contributed by atoms with Crippen LogP contribution in [-0.4, -0.2) is 29.1 Å². The van der Waals surface area contributed by atoms with E-state index in [1.807, 2.05) is 11.0 Å². The van der Waals surface area contributed by atoms with Crippen LogP contribution in [0.5, 0.6) is 0 Å². The molecule has 2 atom stereocenters. The lowest BCUT2D eigenvalue weighted by molar-refractivity contribution is 0.482. The van der Waals surface area contributed by atoms with Gasteiger partial charge in [0.05, 0.1) is 17.3 Å². The van der Waals surface area contributed by atoms with E-state index < -0.39 is 29.4 Å². The molecule has 1 aromatic heterocycles. The first-order chi connectivity index (χ1) is 14.0. The van der Waals surface area contributed by atoms with Crippen LogP contribution in [-0.2, 0) is 0 Å². The van der Waals surface area contributed by atoms with Crippen LogP contribution in [0.2, 0.25) is 0 Å². The number of anilines is 1. The molecule has 1 aliphatic rings. The van der Waals surface area contributed by atoms with Gasteiger partial charge in [-0.1, -0.05) is 12.1 Å². The monoisotopic (exact) mass is 395 g/mol. The fourth-order valence-corrected chi connectivity index (χ4v) is 3.59. The third kappa shape index (κ3) is 3.65.